The second kappa shape index (κ2) is 12.2. The molecule has 1 atom stereocenters. The van der Waals surface area contributed by atoms with E-state index in [0.29, 0.717) is 0 Å². The minimum atomic E-state index is -3.01. The van der Waals surface area contributed by atoms with Crippen molar-refractivity contribution in [1.82, 2.24) is 14.1 Å². The van der Waals surface area contributed by atoms with Gasteiger partial charge in [-0.3, -0.25) is 4.57 Å². The van der Waals surface area contributed by atoms with Gasteiger partial charge in [0.05, 0.1) is 22.1 Å². The number of aromatic nitrogens is 3. The summed E-state index contributed by atoms with van der Waals surface area (Å²) in [5.74, 6) is 0.979. The summed E-state index contributed by atoms with van der Waals surface area (Å²) in [6, 6.07) is 78.6. The Morgan fingerprint density at radius 1 is 0.339 bits per heavy atom. The fourth-order valence-electron chi connectivity index (χ4n) is 10.7. The summed E-state index contributed by atoms with van der Waals surface area (Å²) >= 11 is 0. The first-order chi connectivity index (χ1) is 29.3. The molecule has 2 aliphatic heterocycles. The molecule has 0 saturated carbocycles. The third kappa shape index (κ3) is 4.33. The lowest BCUT2D eigenvalue weighted by Crippen LogP contribution is -2.71. The summed E-state index contributed by atoms with van der Waals surface area (Å²) in [6.07, 6.45) is 0. The summed E-state index contributed by atoms with van der Waals surface area (Å²) in [4.78, 5) is 5.52. The maximum atomic E-state index is 5.52. The van der Waals surface area contributed by atoms with Crippen molar-refractivity contribution in [3.63, 3.8) is 0 Å². The highest BCUT2D eigenvalue weighted by atomic mass is 28.3. The molecule has 0 aliphatic carbocycles. The summed E-state index contributed by atoms with van der Waals surface area (Å²) < 4.78 is 4.78. The minimum Gasteiger partial charge on any atom is -0.309 e. The van der Waals surface area contributed by atoms with E-state index in [1.54, 1.807) is 0 Å². The van der Waals surface area contributed by atoms with Crippen molar-refractivity contribution in [2.45, 2.75) is 0 Å². The molecule has 1 unspecified atom stereocenters. The number of imidazole rings is 1. The second-order valence-corrected chi connectivity index (χ2v) is 19.4. The van der Waals surface area contributed by atoms with Crippen LogP contribution in [0.15, 0.2) is 212 Å². The molecule has 1 spiro atoms. The van der Waals surface area contributed by atoms with Gasteiger partial charge < -0.3 is 4.57 Å². The highest BCUT2D eigenvalue weighted by Crippen LogP contribution is 2.43. The number of benzene rings is 9. The molecule has 0 fully saturated rings. The molecule has 13 rings (SSSR count). The van der Waals surface area contributed by atoms with Crippen LogP contribution in [-0.4, -0.2) is 22.2 Å². The standard InChI is InChI=1S/C55H35N3Si/c1-3-17-37(18-4-1)57-48-29-11-7-21-40(48)46-35-36(33-34-49(46)57)39-24-15-25-43-41-22-8-13-31-51(41)59(53(39)43)52-32-14-9-23-42(52)44-26-16-27-45(54(44)59)55-56-47-28-10-12-30-50(47)58(55)38-19-5-2-6-20-38/h1-35H. The number of hydrogen-bond donors (Lipinski definition) is 0. The Labute approximate surface area is 342 Å². The van der Waals surface area contributed by atoms with Crippen LogP contribution in [0.4, 0.5) is 0 Å². The number of hydrogen-bond acceptors (Lipinski definition) is 1. The van der Waals surface area contributed by atoms with Gasteiger partial charge in [0.25, 0.3) is 0 Å². The zero-order valence-corrected chi connectivity index (χ0v) is 33.0. The van der Waals surface area contributed by atoms with Gasteiger partial charge in [-0.2, -0.15) is 0 Å². The largest absolute Gasteiger partial charge is 0.309 e. The fraction of sp³-hybridized carbons (Fsp3) is 0. The molecule has 0 amide bonds. The first-order valence-corrected chi connectivity index (χ1v) is 22.4. The van der Waals surface area contributed by atoms with Gasteiger partial charge in [0.2, 0.25) is 0 Å². The normalized spacial score (nSPS) is 14.8. The molecule has 0 N–H and O–H groups in total. The molecule has 0 radical (unpaired) electrons. The second-order valence-electron chi connectivity index (χ2n) is 15.8. The number of para-hydroxylation sites is 5. The average molecular weight is 766 g/mol. The van der Waals surface area contributed by atoms with Gasteiger partial charge in [-0.05, 0) is 109 Å². The average Bonchev–Trinajstić information content (AvgIpc) is 4.03. The van der Waals surface area contributed by atoms with E-state index < -0.39 is 8.07 Å². The van der Waals surface area contributed by atoms with Crippen molar-refractivity contribution < 1.29 is 0 Å². The number of rotatable bonds is 4. The first kappa shape index (κ1) is 32.5. The molecule has 0 saturated heterocycles. The van der Waals surface area contributed by atoms with E-state index in [1.807, 2.05) is 0 Å². The van der Waals surface area contributed by atoms with Gasteiger partial charge in [-0.15, -0.1) is 0 Å². The van der Waals surface area contributed by atoms with E-state index in [1.165, 1.54) is 87.2 Å². The molecular weight excluding hydrogens is 731 g/mol. The predicted molar refractivity (Wildman–Crippen MR) is 248 cm³/mol. The summed E-state index contributed by atoms with van der Waals surface area (Å²) in [5.41, 5.74) is 15.9. The van der Waals surface area contributed by atoms with Crippen molar-refractivity contribution in [3.8, 4) is 56.1 Å². The minimum absolute atomic E-state index is 0.979. The fourth-order valence-corrected chi connectivity index (χ4v) is 16.8. The first-order valence-electron chi connectivity index (χ1n) is 20.4. The Balaban J connectivity index is 1.15. The molecule has 4 heterocycles. The topological polar surface area (TPSA) is 22.8 Å². The molecule has 11 aromatic rings. The van der Waals surface area contributed by atoms with Crippen LogP contribution in [0.5, 0.6) is 0 Å². The Morgan fingerprint density at radius 3 is 1.56 bits per heavy atom. The lowest BCUT2D eigenvalue weighted by Gasteiger charge is -2.31. The summed E-state index contributed by atoms with van der Waals surface area (Å²) in [5, 5.41) is 8.31. The Hall–Kier alpha value is -7.53. The van der Waals surface area contributed by atoms with Crippen molar-refractivity contribution in [3.05, 3.63) is 212 Å². The smallest absolute Gasteiger partial charge is 0.183 e. The van der Waals surface area contributed by atoms with Crippen LogP contribution < -0.4 is 20.7 Å². The maximum absolute atomic E-state index is 5.52. The molecule has 274 valence electrons. The monoisotopic (exact) mass is 765 g/mol. The molecule has 2 aliphatic rings. The quantitative estimate of drug-likeness (QED) is 0.164. The van der Waals surface area contributed by atoms with Crippen molar-refractivity contribution in [2.24, 2.45) is 0 Å². The van der Waals surface area contributed by atoms with E-state index in [0.717, 1.165) is 22.5 Å². The van der Waals surface area contributed by atoms with E-state index in [9.17, 15) is 0 Å². The summed E-state index contributed by atoms with van der Waals surface area (Å²) in [7, 11) is -3.01. The van der Waals surface area contributed by atoms with Crippen LogP contribution in [0, 0.1) is 0 Å². The van der Waals surface area contributed by atoms with Crippen LogP contribution in [0.2, 0.25) is 0 Å². The Bertz CT molecular complexity index is 3490. The predicted octanol–water partition coefficient (Wildman–Crippen LogP) is 10.8. The van der Waals surface area contributed by atoms with Crippen LogP contribution in [0.1, 0.15) is 0 Å². The van der Waals surface area contributed by atoms with Crippen molar-refractivity contribution >= 4 is 61.7 Å². The van der Waals surface area contributed by atoms with Gasteiger partial charge in [0.15, 0.2) is 8.07 Å². The molecule has 0 bridgehead atoms. The van der Waals surface area contributed by atoms with Gasteiger partial charge in [-0.25, -0.2) is 4.98 Å². The van der Waals surface area contributed by atoms with Crippen LogP contribution in [0.25, 0.3) is 89.0 Å². The third-order valence-corrected chi connectivity index (χ3v) is 18.0. The molecular formula is C55H35N3Si. The molecule has 3 nitrogen and oxygen atoms in total. The van der Waals surface area contributed by atoms with Gasteiger partial charge in [0.1, 0.15) is 5.82 Å². The molecule has 59 heavy (non-hydrogen) atoms. The SMILES string of the molecule is c1ccc(-n2c(-c3cccc4c3[Si]3(c5ccccc5-c5cccc(-c6ccc7c(c6)c6ccccc6n7-c6ccccc6)c53)c3ccccc3-4)nc3ccccc32)cc1. The Morgan fingerprint density at radius 2 is 0.847 bits per heavy atom. The van der Waals surface area contributed by atoms with Crippen LogP contribution >= 0.6 is 0 Å². The van der Waals surface area contributed by atoms with E-state index in [2.05, 4.69) is 221 Å². The van der Waals surface area contributed by atoms with Crippen LogP contribution in [-0.2, 0) is 0 Å². The van der Waals surface area contributed by atoms with Gasteiger partial charge in [0, 0.05) is 27.7 Å². The lowest BCUT2D eigenvalue weighted by molar-refractivity contribution is 1.10. The maximum Gasteiger partial charge on any atom is 0.183 e. The van der Waals surface area contributed by atoms with Gasteiger partial charge >= 0.3 is 0 Å². The van der Waals surface area contributed by atoms with Crippen LogP contribution in [0.3, 0.4) is 0 Å². The molecule has 2 aromatic heterocycles. The highest BCUT2D eigenvalue weighted by molar-refractivity contribution is 7.25. The van der Waals surface area contributed by atoms with Crippen molar-refractivity contribution in [1.29, 1.82) is 0 Å². The third-order valence-electron chi connectivity index (χ3n) is 12.9. The molecule has 4 heteroatoms. The Kier molecular flexibility index (Phi) is 6.75. The lowest BCUT2D eigenvalue weighted by atomic mass is 9.98. The summed E-state index contributed by atoms with van der Waals surface area (Å²) in [6.45, 7) is 0. The van der Waals surface area contributed by atoms with E-state index in [4.69, 9.17) is 4.98 Å². The van der Waals surface area contributed by atoms with Gasteiger partial charge in [-0.1, -0.05) is 158 Å². The number of nitrogens with zero attached hydrogens (tertiary/aromatic N) is 3. The van der Waals surface area contributed by atoms with E-state index >= 15 is 0 Å². The number of fused-ring (bicyclic) bond motifs is 14. The molecule has 9 aromatic carbocycles. The zero-order chi connectivity index (χ0) is 38.7. The van der Waals surface area contributed by atoms with Crippen molar-refractivity contribution in [2.75, 3.05) is 0 Å². The highest BCUT2D eigenvalue weighted by Gasteiger charge is 2.56. The van der Waals surface area contributed by atoms with E-state index in [-0.39, 0.29) is 0 Å². The zero-order valence-electron chi connectivity index (χ0n) is 32.0.